The smallest absolute Gasteiger partial charge is 0.161 e. The maximum atomic E-state index is 10.1. The molecule has 0 bridgehead atoms. The zero-order valence-corrected chi connectivity index (χ0v) is 37.9. The molecule has 0 amide bonds. The Morgan fingerprint density at radius 2 is 0.775 bits per heavy atom. The minimum absolute atomic E-state index is 0.386. The molecule has 0 aliphatic rings. The van der Waals surface area contributed by atoms with Gasteiger partial charge < -0.3 is 14.4 Å². The van der Waals surface area contributed by atoms with E-state index in [4.69, 9.17) is 9.97 Å². The average molecular weight is 908 g/mol. The van der Waals surface area contributed by atoms with E-state index in [1.54, 1.807) is 12.1 Å². The first-order valence-electron chi connectivity index (χ1n) is 22.8. The molecule has 71 heavy (non-hydrogen) atoms. The fraction of sp³-hybridized carbons (Fsp3) is 0. The van der Waals surface area contributed by atoms with Crippen LogP contribution in [0.3, 0.4) is 0 Å². The molecule has 11 rings (SSSR count). The van der Waals surface area contributed by atoms with Crippen molar-refractivity contribution in [1.29, 1.82) is 21.0 Å². The predicted molar refractivity (Wildman–Crippen MR) is 281 cm³/mol. The fourth-order valence-electron chi connectivity index (χ4n) is 9.19. The highest BCUT2D eigenvalue weighted by molar-refractivity contribution is 6.12. The Labute approximate surface area is 410 Å². The summed E-state index contributed by atoms with van der Waals surface area (Å²) >= 11 is 0. The van der Waals surface area contributed by atoms with Crippen LogP contribution in [0, 0.1) is 45.3 Å². The summed E-state index contributed by atoms with van der Waals surface area (Å²) < 4.78 is 2.27. The second kappa shape index (κ2) is 18.6. The van der Waals surface area contributed by atoms with E-state index in [0.717, 1.165) is 67.2 Å². The fourth-order valence-corrected chi connectivity index (χ4v) is 9.19. The SMILES string of the molecule is N#Cc1ccc(N(c2ccccc2)c2ccc3c(c2)c2cc(N(c4ccccc4)c4ccc(C#N)cc4)ccc2n3-c2ccc(-c3cc(-c4ccccc4C#N)nc(-c4ccccc4C#N)n3)cc2)cc1. The summed E-state index contributed by atoms with van der Waals surface area (Å²) in [6.45, 7) is 0. The van der Waals surface area contributed by atoms with Gasteiger partial charge in [-0.1, -0.05) is 78.9 Å². The van der Waals surface area contributed by atoms with E-state index in [-0.39, 0.29) is 0 Å². The highest BCUT2D eigenvalue weighted by atomic mass is 15.1. The second-order valence-corrected chi connectivity index (χ2v) is 16.7. The van der Waals surface area contributed by atoms with Crippen molar-refractivity contribution >= 4 is 55.9 Å². The molecule has 0 aliphatic carbocycles. The molecule has 0 saturated carbocycles. The molecule has 0 N–H and O–H groups in total. The molecule has 0 unspecified atom stereocenters. The molecule has 330 valence electrons. The molecule has 9 heteroatoms. The van der Waals surface area contributed by atoms with Gasteiger partial charge in [-0.05, 0) is 146 Å². The number of hydrogen-bond acceptors (Lipinski definition) is 8. The molecule has 9 nitrogen and oxygen atoms in total. The molecule has 2 aromatic heterocycles. The van der Waals surface area contributed by atoms with Gasteiger partial charge in [-0.25, -0.2) is 9.97 Å². The monoisotopic (exact) mass is 907 g/mol. The van der Waals surface area contributed by atoms with Crippen molar-refractivity contribution < 1.29 is 0 Å². The van der Waals surface area contributed by atoms with Crippen LogP contribution in [0.4, 0.5) is 34.1 Å². The van der Waals surface area contributed by atoms with Crippen molar-refractivity contribution in [3.63, 3.8) is 0 Å². The highest BCUT2D eigenvalue weighted by Gasteiger charge is 2.21. The number of aromatic nitrogens is 3. The lowest BCUT2D eigenvalue weighted by atomic mass is 10.0. The number of rotatable bonds is 10. The molecule has 9 aromatic carbocycles. The summed E-state index contributed by atoms with van der Waals surface area (Å²) in [4.78, 5) is 14.4. The number of nitrogens with zero attached hydrogens (tertiary/aromatic N) is 9. The molecular weight excluding hydrogens is 871 g/mol. The van der Waals surface area contributed by atoms with E-state index in [1.165, 1.54) is 0 Å². The molecule has 0 radical (unpaired) electrons. The zero-order valence-electron chi connectivity index (χ0n) is 37.9. The van der Waals surface area contributed by atoms with E-state index in [9.17, 15) is 21.0 Å². The summed E-state index contributed by atoms with van der Waals surface area (Å²) in [5.74, 6) is 0.386. The lowest BCUT2D eigenvalue weighted by molar-refractivity contribution is 1.17. The quantitative estimate of drug-likeness (QED) is 0.132. The van der Waals surface area contributed by atoms with Gasteiger partial charge in [0.1, 0.15) is 0 Å². The van der Waals surface area contributed by atoms with Crippen LogP contribution in [-0.2, 0) is 0 Å². The van der Waals surface area contributed by atoms with Crippen LogP contribution in [0.15, 0.2) is 224 Å². The molecular formula is C62H37N9. The number of anilines is 6. The Balaban J connectivity index is 1.10. The Bertz CT molecular complexity index is 3730. The minimum atomic E-state index is 0.386. The number of nitriles is 4. The van der Waals surface area contributed by atoms with Crippen LogP contribution in [0.5, 0.6) is 0 Å². The van der Waals surface area contributed by atoms with Crippen LogP contribution in [0.25, 0.3) is 61.4 Å². The topological polar surface area (TPSA) is 132 Å². The highest BCUT2D eigenvalue weighted by Crippen LogP contribution is 2.43. The molecule has 2 heterocycles. The van der Waals surface area contributed by atoms with Gasteiger partial charge in [-0.2, -0.15) is 21.0 Å². The van der Waals surface area contributed by atoms with Crippen molar-refractivity contribution in [3.8, 4) is 63.9 Å². The molecule has 0 spiro atoms. The van der Waals surface area contributed by atoms with Crippen molar-refractivity contribution in [3.05, 3.63) is 247 Å². The van der Waals surface area contributed by atoms with Crippen molar-refractivity contribution in [2.45, 2.75) is 0 Å². The van der Waals surface area contributed by atoms with Crippen molar-refractivity contribution in [2.24, 2.45) is 0 Å². The molecule has 0 aliphatic heterocycles. The normalized spacial score (nSPS) is 10.8. The Morgan fingerprint density at radius 1 is 0.352 bits per heavy atom. The molecule has 11 aromatic rings. The molecule has 0 atom stereocenters. The van der Waals surface area contributed by atoms with E-state index >= 15 is 0 Å². The molecule has 0 saturated heterocycles. The van der Waals surface area contributed by atoms with Gasteiger partial charge in [0, 0.05) is 67.3 Å². The van der Waals surface area contributed by atoms with E-state index in [2.05, 4.69) is 111 Å². The summed E-state index contributed by atoms with van der Waals surface area (Å²) in [6, 6.07) is 82.6. The average Bonchev–Trinajstić information content (AvgIpc) is 3.77. The summed E-state index contributed by atoms with van der Waals surface area (Å²) in [6.07, 6.45) is 0. The first-order valence-corrected chi connectivity index (χ1v) is 22.8. The third-order valence-corrected chi connectivity index (χ3v) is 12.5. The Kier molecular flexibility index (Phi) is 11.3. The third-order valence-electron chi connectivity index (χ3n) is 12.5. The van der Waals surface area contributed by atoms with Gasteiger partial charge in [0.15, 0.2) is 5.82 Å². The summed E-state index contributed by atoms with van der Waals surface area (Å²) in [5.41, 5.74) is 13.9. The number of benzene rings is 9. The third kappa shape index (κ3) is 8.11. The maximum Gasteiger partial charge on any atom is 0.161 e. The van der Waals surface area contributed by atoms with Gasteiger partial charge in [-0.15, -0.1) is 0 Å². The van der Waals surface area contributed by atoms with E-state index in [1.807, 2.05) is 140 Å². The molecule has 0 fully saturated rings. The van der Waals surface area contributed by atoms with Gasteiger partial charge in [0.25, 0.3) is 0 Å². The first-order chi connectivity index (χ1) is 35.0. The van der Waals surface area contributed by atoms with Crippen LogP contribution in [-0.4, -0.2) is 14.5 Å². The van der Waals surface area contributed by atoms with Gasteiger partial charge >= 0.3 is 0 Å². The van der Waals surface area contributed by atoms with E-state index in [0.29, 0.717) is 50.6 Å². The van der Waals surface area contributed by atoms with Crippen LogP contribution in [0.2, 0.25) is 0 Å². The van der Waals surface area contributed by atoms with Gasteiger partial charge in [-0.3, -0.25) is 0 Å². The first kappa shape index (κ1) is 43.0. The second-order valence-electron chi connectivity index (χ2n) is 16.7. The summed E-state index contributed by atoms with van der Waals surface area (Å²) in [5, 5.41) is 41.5. The van der Waals surface area contributed by atoms with Gasteiger partial charge in [0.2, 0.25) is 0 Å². The number of fused-ring (bicyclic) bond motifs is 3. The Hall–Kier alpha value is -10.6. The zero-order chi connectivity index (χ0) is 48.3. The lowest BCUT2D eigenvalue weighted by Gasteiger charge is -2.26. The lowest BCUT2D eigenvalue weighted by Crippen LogP contribution is -2.10. The van der Waals surface area contributed by atoms with Crippen LogP contribution >= 0.6 is 0 Å². The number of para-hydroxylation sites is 2. The van der Waals surface area contributed by atoms with Crippen molar-refractivity contribution in [1.82, 2.24) is 14.5 Å². The Morgan fingerprint density at radius 3 is 1.27 bits per heavy atom. The van der Waals surface area contributed by atoms with Crippen molar-refractivity contribution in [2.75, 3.05) is 9.80 Å². The van der Waals surface area contributed by atoms with Crippen LogP contribution in [0.1, 0.15) is 22.3 Å². The number of hydrogen-bond donors (Lipinski definition) is 0. The summed E-state index contributed by atoms with van der Waals surface area (Å²) in [7, 11) is 0. The van der Waals surface area contributed by atoms with E-state index < -0.39 is 0 Å². The largest absolute Gasteiger partial charge is 0.310 e. The van der Waals surface area contributed by atoms with Crippen LogP contribution < -0.4 is 9.80 Å². The maximum absolute atomic E-state index is 10.1. The van der Waals surface area contributed by atoms with Gasteiger partial charge in [0.05, 0.1) is 69.0 Å². The standard InChI is InChI=1S/C62H37N9/c63-38-42-19-25-49(26-20-42)69(47-13-3-1-4-14-47)52-31-33-60-56(35-52)57-36-53(70(48-15-5-2-6-16-48)50-27-21-43(39-64)22-28-50)32-34-61(57)71(60)51-29-23-44(24-30-51)58-37-59(54-17-9-7-11-45(54)40-65)68-62(67-58)55-18-10-8-12-46(55)41-66/h1-37H. The predicted octanol–water partition coefficient (Wildman–Crippen LogP) is 15.0. The minimum Gasteiger partial charge on any atom is -0.310 e.